The van der Waals surface area contributed by atoms with Gasteiger partial charge in [0, 0.05) is 30.3 Å². The van der Waals surface area contributed by atoms with Gasteiger partial charge in [0.15, 0.2) is 0 Å². The molecule has 0 aromatic heterocycles. The largest absolute Gasteiger partial charge is 0.497 e. The van der Waals surface area contributed by atoms with E-state index in [4.69, 9.17) is 9.47 Å². The van der Waals surface area contributed by atoms with Crippen molar-refractivity contribution in [2.24, 2.45) is 0 Å². The third-order valence-electron chi connectivity index (χ3n) is 3.92. The third kappa shape index (κ3) is 3.75. The van der Waals surface area contributed by atoms with Crippen molar-refractivity contribution < 1.29 is 19.1 Å². The number of hydrogen-bond donors (Lipinski definition) is 0. The summed E-state index contributed by atoms with van der Waals surface area (Å²) >= 11 is 0. The number of carbonyl (C=O) groups excluding carboxylic acids is 2. The van der Waals surface area contributed by atoms with E-state index >= 15 is 0 Å². The quantitative estimate of drug-likeness (QED) is 0.852. The van der Waals surface area contributed by atoms with Crippen LogP contribution in [-0.2, 0) is 4.79 Å². The van der Waals surface area contributed by atoms with Gasteiger partial charge in [0.2, 0.25) is 5.91 Å². The van der Waals surface area contributed by atoms with E-state index in [0.29, 0.717) is 30.2 Å². The first-order valence-corrected chi connectivity index (χ1v) is 7.59. The highest BCUT2D eigenvalue weighted by Gasteiger charge is 2.33. The number of rotatable bonds is 3. The number of piperazine rings is 1. The molecule has 1 fully saturated rings. The van der Waals surface area contributed by atoms with E-state index in [1.807, 2.05) is 25.7 Å². The Bertz CT molecular complexity index is 585. The number of amides is 2. The summed E-state index contributed by atoms with van der Waals surface area (Å²) in [6.07, 6.45) is 0. The SMILES string of the molecule is COc1cc(OC)cc(C(=O)N2CCN(C(C)(C)C)C(=O)C2)c1. The first kappa shape index (κ1) is 17.1. The van der Waals surface area contributed by atoms with Gasteiger partial charge in [-0.3, -0.25) is 9.59 Å². The normalized spacial score (nSPS) is 15.6. The van der Waals surface area contributed by atoms with Gasteiger partial charge in [-0.15, -0.1) is 0 Å². The molecule has 6 nitrogen and oxygen atoms in total. The topological polar surface area (TPSA) is 59.1 Å². The molecule has 126 valence electrons. The van der Waals surface area contributed by atoms with Gasteiger partial charge < -0.3 is 19.3 Å². The smallest absolute Gasteiger partial charge is 0.254 e. The molecule has 0 unspecified atom stereocenters. The Morgan fingerprint density at radius 3 is 2.04 bits per heavy atom. The molecule has 1 aromatic rings. The first-order valence-electron chi connectivity index (χ1n) is 7.59. The highest BCUT2D eigenvalue weighted by atomic mass is 16.5. The molecule has 1 aliphatic rings. The molecule has 0 spiro atoms. The van der Waals surface area contributed by atoms with E-state index in [0.717, 1.165) is 0 Å². The number of nitrogens with zero attached hydrogens (tertiary/aromatic N) is 2. The highest BCUT2D eigenvalue weighted by molar-refractivity contribution is 5.97. The summed E-state index contributed by atoms with van der Waals surface area (Å²) in [6.45, 7) is 7.13. The molecule has 0 atom stereocenters. The van der Waals surface area contributed by atoms with Crippen LogP contribution >= 0.6 is 0 Å². The molecule has 0 radical (unpaired) electrons. The van der Waals surface area contributed by atoms with Crippen LogP contribution in [0.1, 0.15) is 31.1 Å². The van der Waals surface area contributed by atoms with Gasteiger partial charge in [0.05, 0.1) is 14.2 Å². The lowest BCUT2D eigenvalue weighted by molar-refractivity contribution is -0.140. The number of carbonyl (C=O) groups is 2. The van der Waals surface area contributed by atoms with E-state index in [1.165, 1.54) is 14.2 Å². The van der Waals surface area contributed by atoms with Crippen molar-refractivity contribution >= 4 is 11.8 Å². The number of ether oxygens (including phenoxy) is 2. The van der Waals surface area contributed by atoms with Crippen LogP contribution in [0.5, 0.6) is 11.5 Å². The summed E-state index contributed by atoms with van der Waals surface area (Å²) in [5.41, 5.74) is 0.226. The second-order valence-electron chi connectivity index (χ2n) is 6.54. The maximum absolute atomic E-state index is 12.7. The van der Waals surface area contributed by atoms with Crippen LogP contribution in [0, 0.1) is 0 Å². The molecule has 1 heterocycles. The maximum Gasteiger partial charge on any atom is 0.254 e. The minimum Gasteiger partial charge on any atom is -0.497 e. The molecule has 0 bridgehead atoms. The molecule has 6 heteroatoms. The van der Waals surface area contributed by atoms with E-state index in [1.54, 1.807) is 23.1 Å². The molecule has 0 saturated carbocycles. The molecule has 1 aromatic carbocycles. The van der Waals surface area contributed by atoms with Gasteiger partial charge >= 0.3 is 0 Å². The lowest BCUT2D eigenvalue weighted by atomic mass is 10.0. The zero-order valence-electron chi connectivity index (χ0n) is 14.4. The van der Waals surface area contributed by atoms with Crippen molar-refractivity contribution in [3.63, 3.8) is 0 Å². The molecular weight excluding hydrogens is 296 g/mol. The van der Waals surface area contributed by atoms with Crippen LogP contribution < -0.4 is 9.47 Å². The van der Waals surface area contributed by atoms with Crippen molar-refractivity contribution in [1.82, 2.24) is 9.80 Å². The second kappa shape index (κ2) is 6.48. The van der Waals surface area contributed by atoms with Gasteiger partial charge in [-0.1, -0.05) is 0 Å². The molecule has 2 rings (SSSR count). The van der Waals surface area contributed by atoms with Crippen LogP contribution in [0.3, 0.4) is 0 Å². The van der Waals surface area contributed by atoms with Crippen molar-refractivity contribution in [2.75, 3.05) is 33.9 Å². The molecule has 0 N–H and O–H groups in total. The Labute approximate surface area is 137 Å². The zero-order valence-corrected chi connectivity index (χ0v) is 14.4. The van der Waals surface area contributed by atoms with Crippen LogP contribution in [0.25, 0.3) is 0 Å². The molecular formula is C17H24N2O4. The summed E-state index contributed by atoms with van der Waals surface area (Å²) < 4.78 is 10.4. The number of hydrogen-bond acceptors (Lipinski definition) is 4. The monoisotopic (exact) mass is 320 g/mol. The zero-order chi connectivity index (χ0) is 17.2. The third-order valence-corrected chi connectivity index (χ3v) is 3.92. The minimum atomic E-state index is -0.231. The van der Waals surface area contributed by atoms with E-state index in [2.05, 4.69) is 0 Å². The fourth-order valence-electron chi connectivity index (χ4n) is 2.67. The predicted octanol–water partition coefficient (Wildman–Crippen LogP) is 1.79. The van der Waals surface area contributed by atoms with Gasteiger partial charge in [0.25, 0.3) is 5.91 Å². The van der Waals surface area contributed by atoms with Crippen molar-refractivity contribution in [2.45, 2.75) is 26.3 Å². The average Bonchev–Trinajstić information content (AvgIpc) is 2.52. The fourth-order valence-corrected chi connectivity index (χ4v) is 2.67. The second-order valence-corrected chi connectivity index (χ2v) is 6.54. The average molecular weight is 320 g/mol. The molecule has 23 heavy (non-hydrogen) atoms. The number of benzene rings is 1. The summed E-state index contributed by atoms with van der Waals surface area (Å²) in [4.78, 5) is 28.4. The van der Waals surface area contributed by atoms with E-state index in [9.17, 15) is 9.59 Å². The van der Waals surface area contributed by atoms with Crippen molar-refractivity contribution in [1.29, 1.82) is 0 Å². The van der Waals surface area contributed by atoms with E-state index in [-0.39, 0.29) is 23.9 Å². The lowest BCUT2D eigenvalue weighted by Gasteiger charge is -2.42. The van der Waals surface area contributed by atoms with Gasteiger partial charge in [-0.05, 0) is 32.9 Å². The first-order chi connectivity index (χ1) is 10.8. The Kier molecular flexibility index (Phi) is 4.82. The van der Waals surface area contributed by atoms with Gasteiger partial charge in [-0.2, -0.15) is 0 Å². The molecule has 1 aliphatic heterocycles. The van der Waals surface area contributed by atoms with Gasteiger partial charge in [-0.25, -0.2) is 0 Å². The molecule has 0 aliphatic carbocycles. The summed E-state index contributed by atoms with van der Waals surface area (Å²) in [6, 6.07) is 5.02. The summed E-state index contributed by atoms with van der Waals surface area (Å²) in [5.74, 6) is 0.871. The standard InChI is InChI=1S/C17H24N2O4/c1-17(2,3)19-7-6-18(11-15(19)20)16(21)12-8-13(22-4)10-14(9-12)23-5/h8-10H,6-7,11H2,1-5H3. The van der Waals surface area contributed by atoms with Crippen molar-refractivity contribution in [3.8, 4) is 11.5 Å². The highest BCUT2D eigenvalue weighted by Crippen LogP contribution is 2.24. The Balaban J connectivity index is 2.18. The molecule has 1 saturated heterocycles. The van der Waals surface area contributed by atoms with Crippen LogP contribution in [0.4, 0.5) is 0 Å². The molecule has 2 amide bonds. The van der Waals surface area contributed by atoms with Crippen LogP contribution in [0.2, 0.25) is 0 Å². The lowest BCUT2D eigenvalue weighted by Crippen LogP contribution is -2.58. The predicted molar refractivity (Wildman–Crippen MR) is 86.9 cm³/mol. The number of methoxy groups -OCH3 is 2. The Hall–Kier alpha value is -2.24. The Morgan fingerprint density at radius 1 is 1.04 bits per heavy atom. The van der Waals surface area contributed by atoms with Crippen molar-refractivity contribution in [3.05, 3.63) is 23.8 Å². The van der Waals surface area contributed by atoms with E-state index < -0.39 is 0 Å². The summed E-state index contributed by atoms with van der Waals surface area (Å²) in [5, 5.41) is 0. The summed E-state index contributed by atoms with van der Waals surface area (Å²) in [7, 11) is 3.07. The minimum absolute atomic E-state index is 0.0352. The Morgan fingerprint density at radius 2 is 1.61 bits per heavy atom. The van der Waals surface area contributed by atoms with Gasteiger partial charge in [0.1, 0.15) is 18.0 Å². The maximum atomic E-state index is 12.7. The van der Waals surface area contributed by atoms with Crippen LogP contribution in [-0.4, -0.2) is 61.0 Å². The fraction of sp³-hybridized carbons (Fsp3) is 0.529. The van der Waals surface area contributed by atoms with Crippen LogP contribution in [0.15, 0.2) is 18.2 Å².